The molecule has 3 amide bonds. The number of hydrogen-bond donors (Lipinski definition) is 0. The van der Waals surface area contributed by atoms with Crippen LogP contribution >= 0.6 is 0 Å². The van der Waals surface area contributed by atoms with Gasteiger partial charge in [0.2, 0.25) is 5.91 Å². The van der Waals surface area contributed by atoms with Crippen LogP contribution in [0.15, 0.2) is 30.5 Å². The maximum Gasteiger partial charge on any atom is 0.276 e. The molecule has 2 aromatic rings. The average Bonchev–Trinajstić information content (AvgIpc) is 3.21. The summed E-state index contributed by atoms with van der Waals surface area (Å²) >= 11 is 0. The van der Waals surface area contributed by atoms with Crippen molar-refractivity contribution in [2.75, 3.05) is 47.4 Å². The van der Waals surface area contributed by atoms with Crippen LogP contribution in [-0.4, -0.2) is 94.8 Å². The standard InChI is InChI=1S/C19H24N6O4/c1-22(2)17(26)13-25-12-16(20-21-25)19(28)24-10-8-23(9-11-24)18(27)14-4-6-15(29-3)7-5-14/h4-7,12H,8-11,13H2,1-3H3. The average molecular weight is 400 g/mol. The van der Waals surface area contributed by atoms with Crippen LogP contribution in [0.3, 0.4) is 0 Å². The van der Waals surface area contributed by atoms with Gasteiger partial charge in [-0.3, -0.25) is 14.4 Å². The van der Waals surface area contributed by atoms with Crippen LogP contribution in [0.1, 0.15) is 20.8 Å². The molecule has 10 nitrogen and oxygen atoms in total. The van der Waals surface area contributed by atoms with Crippen molar-refractivity contribution in [3.8, 4) is 5.75 Å². The molecule has 1 aromatic carbocycles. The third-order valence-electron chi connectivity index (χ3n) is 4.74. The van der Waals surface area contributed by atoms with Crippen molar-refractivity contribution in [1.82, 2.24) is 29.7 Å². The minimum Gasteiger partial charge on any atom is -0.497 e. The molecule has 0 radical (unpaired) electrons. The molecule has 3 rings (SSSR count). The van der Waals surface area contributed by atoms with Gasteiger partial charge in [0.25, 0.3) is 11.8 Å². The van der Waals surface area contributed by atoms with Gasteiger partial charge >= 0.3 is 0 Å². The van der Waals surface area contributed by atoms with E-state index in [4.69, 9.17) is 4.74 Å². The van der Waals surface area contributed by atoms with Gasteiger partial charge in [-0.05, 0) is 24.3 Å². The van der Waals surface area contributed by atoms with Crippen molar-refractivity contribution in [2.24, 2.45) is 0 Å². The van der Waals surface area contributed by atoms with Gasteiger partial charge in [-0.25, -0.2) is 4.68 Å². The number of aromatic nitrogens is 3. The van der Waals surface area contributed by atoms with Gasteiger partial charge in [0.05, 0.1) is 13.3 Å². The van der Waals surface area contributed by atoms with E-state index in [1.54, 1.807) is 55.3 Å². The van der Waals surface area contributed by atoms with Crippen LogP contribution < -0.4 is 4.74 Å². The summed E-state index contributed by atoms with van der Waals surface area (Å²) in [6.07, 6.45) is 1.47. The zero-order valence-electron chi connectivity index (χ0n) is 16.7. The number of amides is 3. The van der Waals surface area contributed by atoms with Gasteiger partial charge in [0, 0.05) is 45.8 Å². The third kappa shape index (κ3) is 4.71. The Morgan fingerprint density at radius 3 is 2.14 bits per heavy atom. The second-order valence-corrected chi connectivity index (χ2v) is 6.90. The van der Waals surface area contributed by atoms with Crippen molar-refractivity contribution < 1.29 is 19.1 Å². The minimum absolute atomic E-state index is 0.0252. The predicted octanol–water partition coefficient (Wildman–Crippen LogP) is -0.0269. The van der Waals surface area contributed by atoms with Crippen LogP contribution in [0.25, 0.3) is 0 Å². The maximum atomic E-state index is 12.6. The van der Waals surface area contributed by atoms with E-state index in [0.29, 0.717) is 37.5 Å². The highest BCUT2D eigenvalue weighted by Crippen LogP contribution is 2.15. The number of piperazine rings is 1. The largest absolute Gasteiger partial charge is 0.497 e. The van der Waals surface area contributed by atoms with E-state index in [-0.39, 0.29) is 30.0 Å². The molecular formula is C19H24N6O4. The van der Waals surface area contributed by atoms with Gasteiger partial charge in [0.1, 0.15) is 12.3 Å². The van der Waals surface area contributed by atoms with E-state index in [1.165, 1.54) is 15.8 Å². The van der Waals surface area contributed by atoms with Crippen molar-refractivity contribution >= 4 is 17.7 Å². The Morgan fingerprint density at radius 1 is 1.00 bits per heavy atom. The normalized spacial score (nSPS) is 13.9. The van der Waals surface area contributed by atoms with E-state index >= 15 is 0 Å². The first-order valence-corrected chi connectivity index (χ1v) is 9.22. The first-order valence-electron chi connectivity index (χ1n) is 9.22. The van der Waals surface area contributed by atoms with E-state index in [2.05, 4.69) is 10.3 Å². The van der Waals surface area contributed by atoms with Gasteiger partial charge in [-0.2, -0.15) is 0 Å². The van der Waals surface area contributed by atoms with Gasteiger partial charge in [-0.1, -0.05) is 5.21 Å². The highest BCUT2D eigenvalue weighted by molar-refractivity contribution is 5.95. The second-order valence-electron chi connectivity index (χ2n) is 6.90. The summed E-state index contributed by atoms with van der Waals surface area (Å²) in [6.45, 7) is 1.71. The molecule has 0 atom stereocenters. The number of ether oxygens (including phenoxy) is 1. The highest BCUT2D eigenvalue weighted by atomic mass is 16.5. The minimum atomic E-state index is -0.259. The number of benzene rings is 1. The third-order valence-corrected chi connectivity index (χ3v) is 4.74. The fourth-order valence-electron chi connectivity index (χ4n) is 2.94. The molecule has 1 aliphatic heterocycles. The highest BCUT2D eigenvalue weighted by Gasteiger charge is 2.27. The number of methoxy groups -OCH3 is 1. The molecule has 0 spiro atoms. The Morgan fingerprint density at radius 2 is 1.59 bits per heavy atom. The Labute approximate surface area is 168 Å². The van der Waals surface area contributed by atoms with E-state index < -0.39 is 0 Å². The zero-order valence-corrected chi connectivity index (χ0v) is 16.7. The summed E-state index contributed by atoms with van der Waals surface area (Å²) in [4.78, 5) is 41.8. The monoisotopic (exact) mass is 400 g/mol. The number of hydrogen-bond acceptors (Lipinski definition) is 6. The lowest BCUT2D eigenvalue weighted by atomic mass is 10.1. The number of carbonyl (C=O) groups excluding carboxylic acids is 3. The fraction of sp³-hybridized carbons (Fsp3) is 0.421. The maximum absolute atomic E-state index is 12.6. The molecule has 0 N–H and O–H groups in total. The number of nitrogens with zero attached hydrogens (tertiary/aromatic N) is 6. The molecule has 1 aromatic heterocycles. The molecule has 154 valence electrons. The van der Waals surface area contributed by atoms with Crippen LogP contribution in [0.4, 0.5) is 0 Å². The lowest BCUT2D eigenvalue weighted by Crippen LogP contribution is -2.50. The molecule has 10 heteroatoms. The summed E-state index contributed by atoms with van der Waals surface area (Å²) in [7, 11) is 4.88. The predicted molar refractivity (Wildman–Crippen MR) is 104 cm³/mol. The van der Waals surface area contributed by atoms with Crippen molar-refractivity contribution in [2.45, 2.75) is 6.54 Å². The quantitative estimate of drug-likeness (QED) is 0.699. The fourth-order valence-corrected chi connectivity index (χ4v) is 2.94. The Balaban J connectivity index is 1.56. The topological polar surface area (TPSA) is 101 Å². The second kappa shape index (κ2) is 8.72. The van der Waals surface area contributed by atoms with E-state index in [0.717, 1.165) is 0 Å². The number of likely N-dealkylation sites (N-methyl/N-ethyl adjacent to an activating group) is 1. The molecule has 0 bridgehead atoms. The molecule has 29 heavy (non-hydrogen) atoms. The molecule has 1 fully saturated rings. The summed E-state index contributed by atoms with van der Waals surface area (Å²) < 4.78 is 6.45. The Bertz CT molecular complexity index is 884. The smallest absolute Gasteiger partial charge is 0.276 e. The summed E-state index contributed by atoms with van der Waals surface area (Å²) in [5.74, 6) is 0.217. The van der Waals surface area contributed by atoms with Crippen LogP contribution in [0.2, 0.25) is 0 Å². The molecule has 2 heterocycles. The number of rotatable bonds is 5. The van der Waals surface area contributed by atoms with Gasteiger partial charge in [-0.15, -0.1) is 5.10 Å². The van der Waals surface area contributed by atoms with Gasteiger partial charge < -0.3 is 19.4 Å². The van der Waals surface area contributed by atoms with Crippen LogP contribution in [0, 0.1) is 0 Å². The SMILES string of the molecule is COc1ccc(C(=O)N2CCN(C(=O)c3cn(CC(=O)N(C)C)nn3)CC2)cc1. The van der Waals surface area contributed by atoms with Crippen molar-refractivity contribution in [3.05, 3.63) is 41.7 Å². The van der Waals surface area contributed by atoms with Gasteiger partial charge in [0.15, 0.2) is 5.69 Å². The lowest BCUT2D eigenvalue weighted by molar-refractivity contribution is -0.129. The first kappa shape index (κ1) is 20.3. The molecule has 0 aliphatic carbocycles. The van der Waals surface area contributed by atoms with Crippen LogP contribution in [0.5, 0.6) is 5.75 Å². The molecular weight excluding hydrogens is 376 g/mol. The number of carbonyl (C=O) groups is 3. The van der Waals surface area contributed by atoms with Crippen molar-refractivity contribution in [1.29, 1.82) is 0 Å². The summed E-state index contributed by atoms with van der Waals surface area (Å²) in [5, 5.41) is 7.73. The molecule has 1 aliphatic rings. The Kier molecular flexibility index (Phi) is 6.10. The van der Waals surface area contributed by atoms with Crippen LogP contribution in [-0.2, 0) is 11.3 Å². The summed E-state index contributed by atoms with van der Waals surface area (Å²) in [6, 6.07) is 6.95. The molecule has 1 saturated heterocycles. The Hall–Kier alpha value is -3.43. The van der Waals surface area contributed by atoms with Crippen molar-refractivity contribution in [3.63, 3.8) is 0 Å². The lowest BCUT2D eigenvalue weighted by Gasteiger charge is -2.34. The first-order chi connectivity index (χ1) is 13.9. The molecule has 0 unspecified atom stereocenters. The van der Waals surface area contributed by atoms with E-state index in [1.807, 2.05) is 0 Å². The summed E-state index contributed by atoms with van der Waals surface area (Å²) in [5.41, 5.74) is 0.769. The zero-order chi connectivity index (χ0) is 21.0. The van der Waals surface area contributed by atoms with E-state index in [9.17, 15) is 14.4 Å². The molecule has 0 saturated carbocycles.